The summed E-state index contributed by atoms with van der Waals surface area (Å²) in [5, 5.41) is 3.24. The summed E-state index contributed by atoms with van der Waals surface area (Å²) in [6.07, 6.45) is 22.6. The van der Waals surface area contributed by atoms with Gasteiger partial charge in [-0.1, -0.05) is 110 Å². The Balaban J connectivity index is 3.05. The van der Waals surface area contributed by atoms with Crippen LogP contribution in [0.15, 0.2) is 0 Å². The van der Waals surface area contributed by atoms with Crippen LogP contribution in [0.4, 0.5) is 0 Å². The lowest BCUT2D eigenvalue weighted by Gasteiger charge is -2.05. The molecule has 28 heavy (non-hydrogen) atoms. The van der Waals surface area contributed by atoms with Gasteiger partial charge in [0.1, 0.15) is 0 Å². The number of nitrogens with one attached hydrogen (secondary N) is 1. The highest BCUT2D eigenvalue weighted by Gasteiger charge is 2.02. The molecule has 0 aliphatic heterocycles. The normalized spacial score (nSPS) is 12.1. The highest BCUT2D eigenvalue weighted by molar-refractivity contribution is 7.85. The van der Waals surface area contributed by atoms with E-state index in [2.05, 4.69) is 19.2 Å². The van der Waals surface area contributed by atoms with E-state index in [9.17, 15) is 8.42 Å². The van der Waals surface area contributed by atoms with E-state index < -0.39 is 10.1 Å². The number of rotatable bonds is 22. The predicted octanol–water partition coefficient (Wildman–Crippen LogP) is 6.75. The second-order valence-electron chi connectivity index (χ2n) is 8.88. The molecular weight excluding hydrogens is 370 g/mol. The molecule has 0 fully saturated rings. The second-order valence-corrected chi connectivity index (χ2v) is 10.4. The Labute approximate surface area is 176 Å². The summed E-state index contributed by atoms with van der Waals surface area (Å²) in [5.74, 6) is 0.730. The molecule has 0 rings (SSSR count). The van der Waals surface area contributed by atoms with Crippen LogP contribution in [0.2, 0.25) is 0 Å². The molecule has 170 valence electrons. The fourth-order valence-corrected chi connectivity index (χ4v) is 4.11. The Bertz CT molecular complexity index is 410. The third-order valence-electron chi connectivity index (χ3n) is 5.39. The largest absolute Gasteiger partial charge is 0.317 e. The van der Waals surface area contributed by atoms with Crippen LogP contribution < -0.4 is 5.32 Å². The van der Waals surface area contributed by atoms with E-state index in [0.717, 1.165) is 18.9 Å². The highest BCUT2D eigenvalue weighted by Crippen LogP contribution is 2.14. The lowest BCUT2D eigenvalue weighted by molar-refractivity contribution is 0.479. The van der Waals surface area contributed by atoms with E-state index in [1.54, 1.807) is 0 Å². The van der Waals surface area contributed by atoms with E-state index in [0.29, 0.717) is 13.0 Å². The zero-order valence-electron chi connectivity index (χ0n) is 18.9. The van der Waals surface area contributed by atoms with Crippen LogP contribution in [0.25, 0.3) is 0 Å². The molecule has 0 heterocycles. The molecule has 0 bridgehead atoms. The molecule has 0 aromatic heterocycles. The number of hydrogen-bond acceptors (Lipinski definition) is 3. The summed E-state index contributed by atoms with van der Waals surface area (Å²) in [7, 11) is -3.79. The molecule has 0 amide bonds. The van der Waals surface area contributed by atoms with Crippen molar-refractivity contribution in [3.63, 3.8) is 0 Å². The lowest BCUT2D eigenvalue weighted by Crippen LogP contribution is -2.19. The Morgan fingerprint density at radius 2 is 0.964 bits per heavy atom. The van der Waals surface area contributed by atoms with Gasteiger partial charge in [-0.2, -0.15) is 8.42 Å². The third-order valence-corrected chi connectivity index (χ3v) is 6.20. The summed E-state index contributed by atoms with van der Waals surface area (Å²) in [6.45, 7) is 6.25. The monoisotopic (exact) mass is 419 g/mol. The van der Waals surface area contributed by atoms with E-state index in [4.69, 9.17) is 4.55 Å². The molecule has 0 aromatic rings. The van der Waals surface area contributed by atoms with E-state index in [-0.39, 0.29) is 5.75 Å². The predicted molar refractivity (Wildman–Crippen MR) is 123 cm³/mol. The van der Waals surface area contributed by atoms with Crippen molar-refractivity contribution in [2.24, 2.45) is 5.92 Å². The van der Waals surface area contributed by atoms with Crippen molar-refractivity contribution < 1.29 is 13.0 Å². The summed E-state index contributed by atoms with van der Waals surface area (Å²) >= 11 is 0. The quantitative estimate of drug-likeness (QED) is 0.150. The van der Waals surface area contributed by atoms with Crippen LogP contribution >= 0.6 is 0 Å². The fraction of sp³-hybridized carbons (Fsp3) is 1.00. The SMILES string of the molecule is CC(C)CCCCCCCCCCCCCCCCCNCCCS(=O)(=O)O. The molecular formula is C23H49NO3S. The first kappa shape index (κ1) is 27.9. The molecule has 0 atom stereocenters. The summed E-state index contributed by atoms with van der Waals surface area (Å²) in [4.78, 5) is 0. The van der Waals surface area contributed by atoms with Gasteiger partial charge in [-0.25, -0.2) is 0 Å². The van der Waals surface area contributed by atoms with Gasteiger partial charge in [0.15, 0.2) is 0 Å². The summed E-state index contributed by atoms with van der Waals surface area (Å²) in [5.41, 5.74) is 0. The zero-order chi connectivity index (χ0) is 20.9. The van der Waals surface area contributed by atoms with Crippen molar-refractivity contribution in [1.29, 1.82) is 0 Å². The van der Waals surface area contributed by atoms with Crippen molar-refractivity contribution in [2.45, 2.75) is 123 Å². The maximum Gasteiger partial charge on any atom is 0.264 e. The average molecular weight is 420 g/mol. The lowest BCUT2D eigenvalue weighted by atomic mass is 10.0. The molecule has 0 spiro atoms. The van der Waals surface area contributed by atoms with Gasteiger partial charge in [0.25, 0.3) is 10.1 Å². The van der Waals surface area contributed by atoms with Crippen LogP contribution in [0.1, 0.15) is 123 Å². The number of hydrogen-bond donors (Lipinski definition) is 2. The molecule has 0 saturated carbocycles. The molecule has 0 aliphatic carbocycles. The maximum absolute atomic E-state index is 10.6. The minimum Gasteiger partial charge on any atom is -0.317 e. The zero-order valence-corrected chi connectivity index (χ0v) is 19.7. The second kappa shape index (κ2) is 20.2. The van der Waals surface area contributed by atoms with E-state index >= 15 is 0 Å². The Kier molecular flexibility index (Phi) is 20.1. The maximum atomic E-state index is 10.6. The molecule has 0 radical (unpaired) electrons. The van der Waals surface area contributed by atoms with Gasteiger partial charge in [0.05, 0.1) is 5.75 Å². The Morgan fingerprint density at radius 1 is 0.607 bits per heavy atom. The Hall–Kier alpha value is -0.130. The van der Waals surface area contributed by atoms with Gasteiger partial charge in [-0.3, -0.25) is 4.55 Å². The first-order valence-electron chi connectivity index (χ1n) is 12.1. The van der Waals surface area contributed by atoms with Crippen LogP contribution in [0.3, 0.4) is 0 Å². The summed E-state index contributed by atoms with van der Waals surface area (Å²) in [6, 6.07) is 0. The highest BCUT2D eigenvalue weighted by atomic mass is 32.2. The van der Waals surface area contributed by atoms with Crippen molar-refractivity contribution in [2.75, 3.05) is 18.8 Å². The smallest absolute Gasteiger partial charge is 0.264 e. The van der Waals surface area contributed by atoms with Gasteiger partial charge in [-0.15, -0.1) is 0 Å². The van der Waals surface area contributed by atoms with Gasteiger partial charge in [0, 0.05) is 0 Å². The third kappa shape index (κ3) is 25.9. The topological polar surface area (TPSA) is 66.4 Å². The Morgan fingerprint density at radius 3 is 1.36 bits per heavy atom. The summed E-state index contributed by atoms with van der Waals surface area (Å²) < 4.78 is 29.8. The van der Waals surface area contributed by atoms with Crippen LogP contribution in [-0.4, -0.2) is 31.8 Å². The van der Waals surface area contributed by atoms with Crippen molar-refractivity contribution in [3.05, 3.63) is 0 Å². The standard InChI is InChI=1S/C23H49NO3S/c1-23(2)19-16-14-12-10-8-6-4-3-5-7-9-11-13-15-17-20-24-21-18-22-28(25,26)27/h23-24H,3-22H2,1-2H3,(H,25,26,27). The first-order valence-corrected chi connectivity index (χ1v) is 13.7. The van der Waals surface area contributed by atoms with E-state index in [1.165, 1.54) is 96.3 Å². The molecule has 0 aliphatic rings. The fourth-order valence-electron chi connectivity index (χ4n) is 3.61. The molecule has 0 saturated heterocycles. The minimum atomic E-state index is -3.79. The minimum absolute atomic E-state index is 0.140. The van der Waals surface area contributed by atoms with Crippen molar-refractivity contribution in [1.82, 2.24) is 5.32 Å². The van der Waals surface area contributed by atoms with Gasteiger partial charge in [0.2, 0.25) is 0 Å². The number of unbranched alkanes of at least 4 members (excludes halogenated alkanes) is 14. The van der Waals surface area contributed by atoms with Crippen LogP contribution in [0, 0.1) is 5.92 Å². The molecule has 0 unspecified atom stereocenters. The van der Waals surface area contributed by atoms with E-state index in [1.807, 2.05) is 0 Å². The van der Waals surface area contributed by atoms with Crippen molar-refractivity contribution >= 4 is 10.1 Å². The van der Waals surface area contributed by atoms with Gasteiger partial charge in [-0.05, 0) is 31.8 Å². The first-order chi connectivity index (χ1) is 13.4. The molecule has 5 heteroatoms. The average Bonchev–Trinajstić information content (AvgIpc) is 2.61. The molecule has 4 nitrogen and oxygen atoms in total. The molecule has 0 aromatic carbocycles. The van der Waals surface area contributed by atoms with Crippen LogP contribution in [-0.2, 0) is 10.1 Å². The molecule has 2 N–H and O–H groups in total. The van der Waals surface area contributed by atoms with Gasteiger partial charge < -0.3 is 5.32 Å². The van der Waals surface area contributed by atoms with Crippen molar-refractivity contribution in [3.8, 4) is 0 Å². The van der Waals surface area contributed by atoms with Crippen LogP contribution in [0.5, 0.6) is 0 Å². The van der Waals surface area contributed by atoms with Gasteiger partial charge >= 0.3 is 0 Å².